The molecule has 30 heavy (non-hydrogen) atoms. The van der Waals surface area contributed by atoms with Gasteiger partial charge in [0, 0.05) is 46.8 Å². The third kappa shape index (κ3) is 2.60. The molecule has 0 bridgehead atoms. The van der Waals surface area contributed by atoms with E-state index in [0.29, 0.717) is 0 Å². The molecule has 0 amide bonds. The van der Waals surface area contributed by atoms with Crippen molar-refractivity contribution in [2.24, 2.45) is 7.05 Å². The lowest BCUT2D eigenvalue weighted by Crippen LogP contribution is -2.32. The molecule has 0 fully saturated rings. The van der Waals surface area contributed by atoms with Crippen LogP contribution in [0.5, 0.6) is 0 Å². The number of likely N-dealkylation sites (N-methyl/N-ethyl adjacent to an activating group) is 1. The van der Waals surface area contributed by atoms with Crippen LogP contribution in [-0.4, -0.2) is 28.0 Å². The third-order valence-corrected chi connectivity index (χ3v) is 7.64. The molecule has 5 aromatic rings. The van der Waals surface area contributed by atoms with Gasteiger partial charge in [0.15, 0.2) is 0 Å². The third-order valence-electron chi connectivity index (χ3n) is 6.66. The van der Waals surface area contributed by atoms with Gasteiger partial charge in [-0.25, -0.2) is 0 Å². The van der Waals surface area contributed by atoms with Crippen LogP contribution in [0.4, 0.5) is 0 Å². The molecule has 0 saturated carbocycles. The van der Waals surface area contributed by atoms with Gasteiger partial charge in [-0.2, -0.15) is 0 Å². The molecule has 0 saturated heterocycles. The molecule has 4 heterocycles. The Kier molecular flexibility index (Phi) is 3.95. The Bertz CT molecular complexity index is 1400. The number of hydrogen-bond donors (Lipinski definition) is 1. The maximum Gasteiger partial charge on any atom is 0.0769 e. The monoisotopic (exact) mass is 411 g/mol. The van der Waals surface area contributed by atoms with E-state index in [0.717, 1.165) is 13.0 Å². The quantitative estimate of drug-likeness (QED) is 0.363. The van der Waals surface area contributed by atoms with E-state index in [9.17, 15) is 0 Å². The van der Waals surface area contributed by atoms with E-state index >= 15 is 0 Å². The Morgan fingerprint density at radius 3 is 2.83 bits per heavy atom. The Labute approximate surface area is 180 Å². The molecule has 2 aromatic carbocycles. The van der Waals surface area contributed by atoms with Crippen molar-refractivity contribution in [1.29, 1.82) is 0 Å². The van der Waals surface area contributed by atoms with E-state index in [1.54, 1.807) is 0 Å². The fraction of sp³-hybridized carbons (Fsp3) is 0.231. The second kappa shape index (κ2) is 6.59. The first kappa shape index (κ1) is 18.0. The van der Waals surface area contributed by atoms with Crippen molar-refractivity contribution < 1.29 is 0 Å². The van der Waals surface area contributed by atoms with Crippen LogP contribution < -0.4 is 0 Å². The van der Waals surface area contributed by atoms with E-state index in [2.05, 4.69) is 95.6 Å². The molecule has 0 radical (unpaired) electrons. The Balaban J connectivity index is 1.53. The maximum absolute atomic E-state index is 3.78. The van der Waals surface area contributed by atoms with Gasteiger partial charge in [0.05, 0.1) is 6.04 Å². The van der Waals surface area contributed by atoms with Crippen LogP contribution in [0.15, 0.2) is 60.1 Å². The molecular weight excluding hydrogens is 386 g/mol. The minimum absolute atomic E-state index is 0.256. The van der Waals surface area contributed by atoms with Crippen molar-refractivity contribution in [2.45, 2.75) is 19.4 Å². The van der Waals surface area contributed by atoms with Gasteiger partial charge in [0.2, 0.25) is 0 Å². The molecule has 4 heteroatoms. The molecule has 0 aliphatic carbocycles. The van der Waals surface area contributed by atoms with Crippen LogP contribution in [-0.2, 0) is 13.5 Å². The Morgan fingerprint density at radius 2 is 1.93 bits per heavy atom. The minimum atomic E-state index is 0.256. The predicted molar refractivity (Wildman–Crippen MR) is 127 cm³/mol. The smallest absolute Gasteiger partial charge is 0.0769 e. The average Bonchev–Trinajstić information content (AvgIpc) is 3.45. The molecular formula is C26H25N3S. The molecule has 1 aliphatic rings. The Morgan fingerprint density at radius 1 is 1.03 bits per heavy atom. The molecule has 150 valence electrons. The number of hydrogen-bond acceptors (Lipinski definition) is 2. The van der Waals surface area contributed by atoms with Gasteiger partial charge < -0.3 is 9.55 Å². The molecule has 6 rings (SSSR count). The first-order valence-corrected chi connectivity index (χ1v) is 11.4. The van der Waals surface area contributed by atoms with Crippen LogP contribution in [0.2, 0.25) is 0 Å². The van der Waals surface area contributed by atoms with Crippen molar-refractivity contribution in [1.82, 2.24) is 14.5 Å². The van der Waals surface area contributed by atoms with Crippen LogP contribution in [0.25, 0.3) is 32.2 Å². The van der Waals surface area contributed by atoms with Crippen molar-refractivity contribution in [3.8, 4) is 10.4 Å². The second-order valence-corrected chi connectivity index (χ2v) is 9.52. The van der Waals surface area contributed by atoms with Gasteiger partial charge in [0.25, 0.3) is 0 Å². The van der Waals surface area contributed by atoms with Gasteiger partial charge in [-0.15, -0.1) is 11.3 Å². The van der Waals surface area contributed by atoms with Crippen molar-refractivity contribution in [3.05, 3.63) is 82.5 Å². The lowest BCUT2D eigenvalue weighted by atomic mass is 9.91. The molecule has 3 aromatic heterocycles. The summed E-state index contributed by atoms with van der Waals surface area (Å²) in [5.41, 5.74) is 9.43. The van der Waals surface area contributed by atoms with E-state index in [1.165, 1.54) is 54.6 Å². The van der Waals surface area contributed by atoms with Gasteiger partial charge in [-0.3, -0.25) is 4.90 Å². The summed E-state index contributed by atoms with van der Waals surface area (Å²) in [4.78, 5) is 7.65. The topological polar surface area (TPSA) is 24.0 Å². The summed E-state index contributed by atoms with van der Waals surface area (Å²) in [6, 6.07) is 18.4. The highest BCUT2D eigenvalue weighted by molar-refractivity contribution is 7.13. The molecule has 1 N–H and O–H groups in total. The number of nitrogens with zero attached hydrogens (tertiary/aromatic N) is 2. The fourth-order valence-electron chi connectivity index (χ4n) is 5.09. The highest BCUT2D eigenvalue weighted by Gasteiger charge is 2.31. The zero-order valence-electron chi connectivity index (χ0n) is 17.6. The molecule has 0 spiro atoms. The summed E-state index contributed by atoms with van der Waals surface area (Å²) >= 11 is 1.85. The summed E-state index contributed by atoms with van der Waals surface area (Å²) in [5.74, 6) is 0. The molecule has 3 nitrogen and oxygen atoms in total. The molecule has 1 unspecified atom stereocenters. The number of rotatable bonds is 2. The van der Waals surface area contributed by atoms with E-state index in [-0.39, 0.29) is 6.04 Å². The largest absolute Gasteiger partial charge is 0.357 e. The minimum Gasteiger partial charge on any atom is -0.357 e. The number of H-pyrrole nitrogens is 1. The number of aryl methyl sites for hydroxylation is 2. The predicted octanol–water partition coefficient (Wildman–Crippen LogP) is 6.27. The number of benzene rings is 2. The van der Waals surface area contributed by atoms with Crippen LogP contribution in [0.3, 0.4) is 0 Å². The van der Waals surface area contributed by atoms with Gasteiger partial charge >= 0.3 is 0 Å². The zero-order chi connectivity index (χ0) is 20.4. The highest BCUT2D eigenvalue weighted by atomic mass is 32.1. The SMILES string of the molecule is Cc1ccc2[nH]c3c(c2c1)CCN(C)C3c1ccsc1-c1ccc2ccn(C)c2c1. The van der Waals surface area contributed by atoms with E-state index in [1.807, 2.05) is 11.3 Å². The zero-order valence-corrected chi connectivity index (χ0v) is 18.4. The Hall–Kier alpha value is -2.82. The average molecular weight is 412 g/mol. The summed E-state index contributed by atoms with van der Waals surface area (Å²) in [5, 5.41) is 4.93. The maximum atomic E-state index is 3.78. The first-order valence-electron chi connectivity index (χ1n) is 10.5. The van der Waals surface area contributed by atoms with Crippen LogP contribution in [0.1, 0.15) is 28.4 Å². The number of nitrogens with one attached hydrogen (secondary N) is 1. The van der Waals surface area contributed by atoms with E-state index < -0.39 is 0 Å². The summed E-state index contributed by atoms with van der Waals surface area (Å²) in [7, 11) is 4.38. The molecule has 1 aliphatic heterocycles. The highest BCUT2D eigenvalue weighted by Crippen LogP contribution is 2.43. The lowest BCUT2D eigenvalue weighted by molar-refractivity contribution is 0.262. The normalized spacial score (nSPS) is 17.1. The first-order chi connectivity index (χ1) is 14.6. The fourth-order valence-corrected chi connectivity index (χ4v) is 6.02. The number of aromatic nitrogens is 2. The van der Waals surface area contributed by atoms with E-state index in [4.69, 9.17) is 0 Å². The lowest BCUT2D eigenvalue weighted by Gasteiger charge is -2.33. The number of aromatic amines is 1. The van der Waals surface area contributed by atoms with Crippen LogP contribution >= 0.6 is 11.3 Å². The van der Waals surface area contributed by atoms with Gasteiger partial charge in [-0.1, -0.05) is 23.8 Å². The van der Waals surface area contributed by atoms with Gasteiger partial charge in [0.1, 0.15) is 0 Å². The number of fused-ring (bicyclic) bond motifs is 4. The summed E-state index contributed by atoms with van der Waals surface area (Å²) in [6.45, 7) is 3.26. The standard InChI is InChI=1S/C26H25N3S/c1-16-4-7-22-21(14-16)19-9-12-29(3)25(24(19)27-22)20-10-13-30-26(20)18-6-5-17-8-11-28(2)23(17)15-18/h4-8,10-11,13-15,25,27H,9,12H2,1-3H3. The van der Waals surface area contributed by atoms with Crippen molar-refractivity contribution in [2.75, 3.05) is 13.6 Å². The summed E-state index contributed by atoms with van der Waals surface area (Å²) < 4.78 is 2.21. The van der Waals surface area contributed by atoms with Gasteiger partial charge in [-0.05, 0) is 78.2 Å². The molecule has 1 atom stereocenters. The number of thiophene rings is 1. The van der Waals surface area contributed by atoms with Crippen molar-refractivity contribution >= 4 is 33.1 Å². The second-order valence-electron chi connectivity index (χ2n) is 8.60. The van der Waals surface area contributed by atoms with Crippen molar-refractivity contribution in [3.63, 3.8) is 0 Å². The summed E-state index contributed by atoms with van der Waals surface area (Å²) in [6.07, 6.45) is 3.23. The van der Waals surface area contributed by atoms with Crippen LogP contribution in [0, 0.1) is 6.92 Å².